The number of carbonyl (C=O) groups excluding carboxylic acids is 2. The van der Waals surface area contributed by atoms with Gasteiger partial charge in [0.25, 0.3) is 0 Å². The van der Waals surface area contributed by atoms with Crippen molar-refractivity contribution in [1.82, 2.24) is 20.4 Å². The third-order valence-electron chi connectivity index (χ3n) is 4.48. The Labute approximate surface area is 160 Å². The highest BCUT2D eigenvalue weighted by molar-refractivity contribution is 5.78. The lowest BCUT2D eigenvalue weighted by molar-refractivity contribution is -0.122. The largest absolute Gasteiger partial charge is 0.497 e. The van der Waals surface area contributed by atoms with Gasteiger partial charge in [0.05, 0.1) is 13.7 Å². The van der Waals surface area contributed by atoms with Crippen molar-refractivity contribution in [3.05, 3.63) is 29.8 Å². The van der Waals surface area contributed by atoms with Crippen LogP contribution >= 0.6 is 0 Å². The van der Waals surface area contributed by atoms with Crippen molar-refractivity contribution >= 4 is 11.9 Å². The number of urea groups is 1. The number of nitrogens with one attached hydrogen (secondary N) is 2. The molecule has 1 aromatic carbocycles. The summed E-state index contributed by atoms with van der Waals surface area (Å²) < 4.78 is 10.1. The van der Waals surface area contributed by atoms with Gasteiger partial charge < -0.3 is 25.0 Å². The molecule has 1 saturated heterocycles. The monoisotopic (exact) mass is 378 g/mol. The van der Waals surface area contributed by atoms with E-state index in [1.54, 1.807) is 19.1 Å². The first kappa shape index (κ1) is 21.0. The van der Waals surface area contributed by atoms with Crippen LogP contribution in [0.2, 0.25) is 0 Å². The minimum Gasteiger partial charge on any atom is -0.497 e. The molecule has 1 fully saturated rings. The maximum absolute atomic E-state index is 12.3. The summed E-state index contributed by atoms with van der Waals surface area (Å²) in [6.45, 7) is 4.74. The summed E-state index contributed by atoms with van der Waals surface area (Å²) in [4.78, 5) is 28.1. The Morgan fingerprint density at radius 3 is 2.37 bits per heavy atom. The molecule has 1 aromatic rings. The van der Waals surface area contributed by atoms with Crippen LogP contribution < -0.4 is 15.4 Å². The number of rotatable bonds is 9. The average molecular weight is 378 g/mol. The maximum Gasteiger partial charge on any atom is 0.317 e. The predicted molar refractivity (Wildman–Crippen MR) is 103 cm³/mol. The van der Waals surface area contributed by atoms with Gasteiger partial charge in [-0.05, 0) is 24.1 Å². The molecule has 2 rings (SSSR count). The smallest absolute Gasteiger partial charge is 0.317 e. The van der Waals surface area contributed by atoms with Gasteiger partial charge in [-0.2, -0.15) is 0 Å². The van der Waals surface area contributed by atoms with Gasteiger partial charge in [-0.1, -0.05) is 12.1 Å². The quantitative estimate of drug-likeness (QED) is 0.618. The van der Waals surface area contributed by atoms with E-state index in [0.29, 0.717) is 52.4 Å². The molecule has 150 valence electrons. The second-order valence-corrected chi connectivity index (χ2v) is 6.47. The molecule has 8 nitrogen and oxygen atoms in total. The van der Waals surface area contributed by atoms with Gasteiger partial charge in [0.15, 0.2) is 0 Å². The Hall–Kier alpha value is -2.32. The van der Waals surface area contributed by atoms with Crippen LogP contribution in [0, 0.1) is 0 Å². The van der Waals surface area contributed by atoms with Gasteiger partial charge in [-0.25, -0.2) is 4.79 Å². The summed E-state index contributed by atoms with van der Waals surface area (Å²) in [5.41, 5.74) is 1.02. The molecule has 3 amide bonds. The number of piperazine rings is 1. The molecule has 27 heavy (non-hydrogen) atoms. The second kappa shape index (κ2) is 11.4. The number of amides is 3. The van der Waals surface area contributed by atoms with E-state index in [4.69, 9.17) is 9.47 Å². The molecule has 0 atom stereocenters. The van der Waals surface area contributed by atoms with Crippen molar-refractivity contribution in [3.8, 4) is 5.75 Å². The number of ether oxygens (including phenoxy) is 2. The lowest BCUT2D eigenvalue weighted by Crippen LogP contribution is -2.53. The van der Waals surface area contributed by atoms with Gasteiger partial charge in [-0.3, -0.25) is 9.69 Å². The van der Waals surface area contributed by atoms with Crippen molar-refractivity contribution in [2.75, 3.05) is 60.1 Å². The molecule has 1 heterocycles. The Kier molecular flexibility index (Phi) is 8.86. The topological polar surface area (TPSA) is 83.1 Å². The standard InChI is InChI=1S/C19H30N4O4/c1-26-13-3-8-20-18(24)15-22-9-11-23(12-10-22)19(25)21-14-16-4-6-17(27-2)7-5-16/h4-7H,3,8-15H2,1-2H3,(H,20,24)(H,21,25). The predicted octanol–water partition coefficient (Wildman–Crippen LogP) is 0.675. The second-order valence-electron chi connectivity index (χ2n) is 6.47. The summed E-state index contributed by atoms with van der Waals surface area (Å²) in [7, 11) is 3.27. The highest BCUT2D eigenvalue weighted by Crippen LogP contribution is 2.11. The van der Waals surface area contributed by atoms with Crippen molar-refractivity contribution in [3.63, 3.8) is 0 Å². The summed E-state index contributed by atoms with van der Waals surface area (Å²) in [6.07, 6.45) is 0.810. The zero-order valence-electron chi connectivity index (χ0n) is 16.2. The SMILES string of the molecule is COCCCNC(=O)CN1CCN(C(=O)NCc2ccc(OC)cc2)CC1. The molecular weight excluding hydrogens is 348 g/mol. The zero-order chi connectivity index (χ0) is 19.5. The van der Waals surface area contributed by atoms with Crippen molar-refractivity contribution in [2.45, 2.75) is 13.0 Å². The third-order valence-corrected chi connectivity index (χ3v) is 4.48. The number of nitrogens with zero attached hydrogens (tertiary/aromatic N) is 2. The van der Waals surface area contributed by atoms with Crippen LogP contribution in [-0.2, 0) is 16.1 Å². The summed E-state index contributed by atoms with van der Waals surface area (Å²) in [5.74, 6) is 0.812. The molecule has 0 aromatic heterocycles. The highest BCUT2D eigenvalue weighted by Gasteiger charge is 2.22. The fourth-order valence-electron chi connectivity index (χ4n) is 2.85. The first-order chi connectivity index (χ1) is 13.1. The van der Waals surface area contributed by atoms with Gasteiger partial charge in [0, 0.05) is 53.0 Å². The van der Waals surface area contributed by atoms with Gasteiger partial charge in [0.1, 0.15) is 5.75 Å². The van der Waals surface area contributed by atoms with Crippen LogP contribution in [0.4, 0.5) is 4.79 Å². The van der Waals surface area contributed by atoms with Crippen LogP contribution in [0.5, 0.6) is 5.75 Å². The van der Waals surface area contributed by atoms with E-state index in [9.17, 15) is 9.59 Å². The molecule has 0 radical (unpaired) electrons. The molecule has 8 heteroatoms. The highest BCUT2D eigenvalue weighted by atomic mass is 16.5. The van der Waals surface area contributed by atoms with E-state index in [1.165, 1.54) is 0 Å². The molecular formula is C19H30N4O4. The molecule has 2 N–H and O–H groups in total. The first-order valence-electron chi connectivity index (χ1n) is 9.26. The van der Waals surface area contributed by atoms with Crippen molar-refractivity contribution in [1.29, 1.82) is 0 Å². The lowest BCUT2D eigenvalue weighted by Gasteiger charge is -2.34. The van der Waals surface area contributed by atoms with E-state index in [2.05, 4.69) is 15.5 Å². The van der Waals surface area contributed by atoms with Gasteiger partial charge in [-0.15, -0.1) is 0 Å². The number of hydrogen-bond donors (Lipinski definition) is 2. The van der Waals surface area contributed by atoms with Crippen LogP contribution in [0.25, 0.3) is 0 Å². The Morgan fingerprint density at radius 2 is 1.74 bits per heavy atom. The van der Waals surface area contributed by atoms with Crippen LogP contribution in [-0.4, -0.2) is 81.8 Å². The van der Waals surface area contributed by atoms with E-state index < -0.39 is 0 Å². The average Bonchev–Trinajstić information content (AvgIpc) is 2.70. The third kappa shape index (κ3) is 7.44. The van der Waals surface area contributed by atoms with E-state index in [1.807, 2.05) is 24.3 Å². The molecule has 0 bridgehead atoms. The minimum absolute atomic E-state index is 0.0171. The summed E-state index contributed by atoms with van der Waals surface area (Å²) in [5, 5.41) is 5.82. The number of hydrogen-bond acceptors (Lipinski definition) is 5. The molecule has 0 aliphatic carbocycles. The fourth-order valence-corrected chi connectivity index (χ4v) is 2.85. The van der Waals surface area contributed by atoms with E-state index in [0.717, 1.165) is 17.7 Å². The summed E-state index contributed by atoms with van der Waals surface area (Å²) in [6, 6.07) is 7.54. The summed E-state index contributed by atoms with van der Waals surface area (Å²) >= 11 is 0. The van der Waals surface area contributed by atoms with E-state index in [-0.39, 0.29) is 11.9 Å². The zero-order valence-corrected chi connectivity index (χ0v) is 16.2. The molecule has 0 unspecified atom stereocenters. The van der Waals surface area contributed by atoms with Crippen LogP contribution in [0.3, 0.4) is 0 Å². The molecule has 1 aliphatic heterocycles. The molecule has 0 spiro atoms. The van der Waals surface area contributed by atoms with Crippen LogP contribution in [0.15, 0.2) is 24.3 Å². The minimum atomic E-state index is -0.0746. The van der Waals surface area contributed by atoms with E-state index >= 15 is 0 Å². The Balaban J connectivity index is 1.64. The van der Waals surface area contributed by atoms with Gasteiger partial charge in [0.2, 0.25) is 5.91 Å². The normalized spacial score (nSPS) is 14.7. The number of carbonyl (C=O) groups is 2. The number of methoxy groups -OCH3 is 2. The maximum atomic E-state index is 12.3. The van der Waals surface area contributed by atoms with Crippen molar-refractivity contribution < 1.29 is 19.1 Å². The molecule has 1 aliphatic rings. The van der Waals surface area contributed by atoms with Gasteiger partial charge >= 0.3 is 6.03 Å². The lowest BCUT2D eigenvalue weighted by atomic mass is 10.2. The first-order valence-corrected chi connectivity index (χ1v) is 9.26. The number of benzene rings is 1. The Bertz CT molecular complexity index is 586. The van der Waals surface area contributed by atoms with Crippen LogP contribution in [0.1, 0.15) is 12.0 Å². The Morgan fingerprint density at radius 1 is 1.04 bits per heavy atom. The molecule has 0 saturated carbocycles. The fraction of sp³-hybridized carbons (Fsp3) is 0.579. The van der Waals surface area contributed by atoms with Crippen molar-refractivity contribution in [2.24, 2.45) is 0 Å².